The monoisotopic (exact) mass is 551 g/mol. The van der Waals surface area contributed by atoms with Crippen LogP contribution in [0.15, 0.2) is 60.4 Å². The largest absolute Gasteiger partial charge is 0.471 e. The normalized spacial score (nSPS) is 15.7. The lowest BCUT2D eigenvalue weighted by atomic mass is 9.81. The number of nitrogens with zero attached hydrogens (tertiary/aromatic N) is 5. The number of hydrogen-bond acceptors (Lipinski definition) is 8. The molecule has 0 amide bonds. The number of halogens is 2. The van der Waals surface area contributed by atoms with Crippen LogP contribution in [0, 0.1) is 23.0 Å². The van der Waals surface area contributed by atoms with Crippen LogP contribution in [0.4, 0.5) is 8.78 Å². The van der Waals surface area contributed by atoms with Gasteiger partial charge >= 0.3 is 7.82 Å². The van der Waals surface area contributed by atoms with Crippen LogP contribution in [0.1, 0.15) is 34.5 Å². The summed E-state index contributed by atoms with van der Waals surface area (Å²) in [6.07, 6.45) is 2.47. The second-order valence-electron chi connectivity index (χ2n) is 7.64. The zero-order valence-corrected chi connectivity index (χ0v) is 20.6. The van der Waals surface area contributed by atoms with Crippen molar-refractivity contribution in [2.45, 2.75) is 25.0 Å². The van der Waals surface area contributed by atoms with E-state index < -0.39 is 67.5 Å². The topological polar surface area (TPSA) is 143 Å². The number of benzene rings is 2. The highest BCUT2D eigenvalue weighted by molar-refractivity contribution is 7.46. The van der Waals surface area contributed by atoms with E-state index in [9.17, 15) is 24.0 Å². The third-order valence-corrected chi connectivity index (χ3v) is 6.84. The van der Waals surface area contributed by atoms with Gasteiger partial charge in [0, 0.05) is 28.5 Å². The summed E-state index contributed by atoms with van der Waals surface area (Å²) in [4.78, 5) is 26.8. The lowest BCUT2D eigenvalue weighted by Crippen LogP contribution is -2.41. The molecular weight excluding hydrogens is 527 g/mol. The van der Waals surface area contributed by atoms with Gasteiger partial charge in [0.15, 0.2) is 6.79 Å². The number of nitriles is 1. The first kappa shape index (κ1) is 21.7. The molecule has 10 nitrogen and oxygen atoms in total. The van der Waals surface area contributed by atoms with Gasteiger partial charge in [-0.1, -0.05) is 25.1 Å². The van der Waals surface area contributed by atoms with Crippen molar-refractivity contribution in [3.63, 3.8) is 0 Å². The van der Waals surface area contributed by atoms with Gasteiger partial charge in [-0.2, -0.15) is 10.4 Å². The smallest absolute Gasteiger partial charge is 0.341 e. The molecule has 0 radical (unpaired) electrons. The molecule has 2 heterocycles. The fraction of sp³-hybridized carbons (Fsp3) is 0.217. The van der Waals surface area contributed by atoms with Crippen molar-refractivity contribution in [2.75, 3.05) is 6.79 Å². The molecule has 0 aliphatic heterocycles. The summed E-state index contributed by atoms with van der Waals surface area (Å²) < 4.78 is 85.1. The van der Waals surface area contributed by atoms with Gasteiger partial charge in [-0.25, -0.2) is 28.0 Å². The number of ether oxygens (including phenoxy) is 1. The van der Waals surface area contributed by atoms with Crippen LogP contribution in [0.5, 0.6) is 0 Å². The summed E-state index contributed by atoms with van der Waals surface area (Å²) in [6.45, 7) is 0.216. The van der Waals surface area contributed by atoms with E-state index in [-0.39, 0.29) is 28.4 Å². The minimum atomic E-state index is -5.03. The number of thiazole rings is 1. The molecule has 2 aromatic heterocycles. The van der Waals surface area contributed by atoms with E-state index in [0.29, 0.717) is 6.07 Å². The minimum absolute atomic E-state index is 0.0269. The molecule has 0 aliphatic rings. The molecule has 0 aliphatic carbocycles. The van der Waals surface area contributed by atoms with Gasteiger partial charge in [-0.05, 0) is 18.2 Å². The summed E-state index contributed by atoms with van der Waals surface area (Å²) in [5, 5.41) is 14.9. The summed E-state index contributed by atoms with van der Waals surface area (Å²) in [5.74, 6) is -2.92. The molecule has 2 atom stereocenters. The van der Waals surface area contributed by atoms with Crippen LogP contribution in [-0.4, -0.2) is 36.3 Å². The van der Waals surface area contributed by atoms with Crippen LogP contribution in [-0.2, 0) is 26.0 Å². The Morgan fingerprint density at radius 3 is 2.70 bits per heavy atom. The van der Waals surface area contributed by atoms with E-state index in [1.165, 1.54) is 22.7 Å². The van der Waals surface area contributed by atoms with Gasteiger partial charge in [0.05, 0.1) is 34.4 Å². The average Bonchev–Trinajstić information content (AvgIpc) is 3.59. The van der Waals surface area contributed by atoms with Crippen LogP contribution in [0.25, 0.3) is 11.3 Å². The van der Waals surface area contributed by atoms with Crippen molar-refractivity contribution in [1.29, 1.82) is 5.26 Å². The summed E-state index contributed by atoms with van der Waals surface area (Å²) in [7, 11) is -5.03. The Morgan fingerprint density at radius 2 is 2.08 bits per heavy atom. The van der Waals surface area contributed by atoms with Crippen molar-refractivity contribution in [1.82, 2.24) is 19.7 Å². The molecule has 192 valence electrons. The molecule has 0 fully saturated rings. The van der Waals surface area contributed by atoms with Crippen molar-refractivity contribution >= 4 is 19.2 Å². The van der Waals surface area contributed by atoms with E-state index in [2.05, 4.69) is 19.6 Å². The maximum absolute atomic E-state index is 15.4. The first-order valence-corrected chi connectivity index (χ1v) is 12.8. The fourth-order valence-electron chi connectivity index (χ4n) is 3.59. The molecule has 14 heteroatoms. The molecule has 2 N–H and O–H groups in total. The Labute approximate surface area is 219 Å². The molecular formula is C23H20F2N5O5PS. The number of phosphoric acid groups is 1. The molecule has 0 saturated carbocycles. The first-order chi connectivity index (χ1) is 19.3. The molecule has 4 aromatic rings. The summed E-state index contributed by atoms with van der Waals surface area (Å²) in [6, 6.07) is 2.28. The van der Waals surface area contributed by atoms with Gasteiger partial charge in [-0.3, -0.25) is 4.52 Å². The van der Waals surface area contributed by atoms with E-state index in [1.54, 1.807) is 13.0 Å². The van der Waals surface area contributed by atoms with Crippen molar-refractivity contribution in [3.05, 3.63) is 88.2 Å². The lowest BCUT2D eigenvalue weighted by molar-refractivity contribution is -0.140. The van der Waals surface area contributed by atoms with Crippen molar-refractivity contribution in [3.8, 4) is 17.3 Å². The summed E-state index contributed by atoms with van der Waals surface area (Å²) in [5.41, 5.74) is -2.69. The first-order valence-electron chi connectivity index (χ1n) is 12.4. The zero-order chi connectivity index (χ0) is 30.1. The number of phosphoric ester groups is 1. The highest BCUT2D eigenvalue weighted by atomic mass is 32.1. The predicted molar refractivity (Wildman–Crippen MR) is 128 cm³/mol. The molecule has 37 heavy (non-hydrogen) atoms. The van der Waals surface area contributed by atoms with E-state index in [1.807, 2.05) is 0 Å². The zero-order valence-electron chi connectivity index (χ0n) is 22.9. The quantitative estimate of drug-likeness (QED) is 0.217. The van der Waals surface area contributed by atoms with Gasteiger partial charge in [0.2, 0.25) is 0 Å². The van der Waals surface area contributed by atoms with Crippen LogP contribution in [0.3, 0.4) is 0 Å². The Bertz CT molecular complexity index is 1650. The van der Waals surface area contributed by atoms with Crippen LogP contribution >= 0.6 is 19.2 Å². The molecule has 0 bridgehead atoms. The van der Waals surface area contributed by atoms with Crippen molar-refractivity contribution in [2.24, 2.45) is 0 Å². The third-order valence-electron chi connectivity index (χ3n) is 5.37. The van der Waals surface area contributed by atoms with Crippen LogP contribution in [0.2, 0.25) is 0 Å². The SMILES string of the molecule is [2H]c1c([2H])c(-c2csc([C@H](C)[C@@](Cn3cncn3)(OCOP(=O)(O)O)c3ccc(F)cc3F)n2)c([2H])c([2H])c1C#N. The van der Waals surface area contributed by atoms with Gasteiger partial charge in [-0.15, -0.1) is 11.3 Å². The van der Waals surface area contributed by atoms with Gasteiger partial charge in [0.25, 0.3) is 0 Å². The highest BCUT2D eigenvalue weighted by Crippen LogP contribution is 2.45. The second kappa shape index (κ2) is 10.9. The van der Waals surface area contributed by atoms with Gasteiger partial charge in [0.1, 0.15) is 29.9 Å². The fourth-order valence-corrected chi connectivity index (χ4v) is 4.73. The Hall–Kier alpha value is -3.37. The molecule has 0 saturated heterocycles. The number of hydrogen-bond donors (Lipinski definition) is 2. The second-order valence-corrected chi connectivity index (χ2v) is 9.77. The Kier molecular flexibility index (Phi) is 6.41. The Balaban J connectivity index is 1.88. The van der Waals surface area contributed by atoms with Gasteiger partial charge < -0.3 is 14.5 Å². The number of rotatable bonds is 10. The molecule has 0 unspecified atom stereocenters. The number of aromatic nitrogens is 4. The summed E-state index contributed by atoms with van der Waals surface area (Å²) >= 11 is 0.992. The molecule has 0 spiro atoms. The minimum Gasteiger partial charge on any atom is -0.341 e. The predicted octanol–water partition coefficient (Wildman–Crippen LogP) is 4.33. The maximum Gasteiger partial charge on any atom is 0.471 e. The lowest BCUT2D eigenvalue weighted by Gasteiger charge is -2.38. The molecule has 2 aromatic carbocycles. The standard InChI is InChI=1S/C23H20F2N5O5PS/c1-15(22-29-21(10-37-22)17-4-2-16(9-26)3-5-17)23(11-30-13-27-12-28-30,34-14-35-36(31,32)33)19-7-6-18(24)8-20(19)25/h2-8,10,12-13,15H,11,14H2,1H3,(H2,31,32,33)/t15-,23+/m0/s1/i2D,3D,4D,5D. The van der Waals surface area contributed by atoms with E-state index in [4.69, 9.17) is 10.2 Å². The third kappa shape index (κ3) is 6.14. The highest BCUT2D eigenvalue weighted by Gasteiger charge is 2.45. The van der Waals surface area contributed by atoms with Crippen LogP contribution < -0.4 is 0 Å². The Morgan fingerprint density at radius 1 is 1.32 bits per heavy atom. The van der Waals surface area contributed by atoms with E-state index in [0.717, 1.165) is 23.5 Å². The molecule has 4 rings (SSSR count). The maximum atomic E-state index is 15.4. The average molecular weight is 552 g/mol. The van der Waals surface area contributed by atoms with Crippen molar-refractivity contribution < 1.29 is 37.9 Å². The van der Waals surface area contributed by atoms with E-state index >= 15 is 4.39 Å².